The van der Waals surface area contributed by atoms with Gasteiger partial charge in [-0.1, -0.05) is 22.0 Å². The number of aryl methyl sites for hydroxylation is 1. The maximum Gasteiger partial charge on any atom is 0.0475 e. The van der Waals surface area contributed by atoms with Gasteiger partial charge in [-0.2, -0.15) is 0 Å². The van der Waals surface area contributed by atoms with Crippen molar-refractivity contribution in [3.05, 3.63) is 33.8 Å². The summed E-state index contributed by atoms with van der Waals surface area (Å²) in [7, 11) is 0. The van der Waals surface area contributed by atoms with Crippen molar-refractivity contribution in [1.29, 1.82) is 0 Å². The van der Waals surface area contributed by atoms with Crippen LogP contribution in [0.2, 0.25) is 0 Å². The van der Waals surface area contributed by atoms with E-state index in [9.17, 15) is 0 Å². The Morgan fingerprint density at radius 2 is 1.93 bits per heavy atom. The molecule has 0 amide bonds. The van der Waals surface area contributed by atoms with Gasteiger partial charge < -0.3 is 11.5 Å². The van der Waals surface area contributed by atoms with E-state index in [0.29, 0.717) is 0 Å². The van der Waals surface area contributed by atoms with E-state index in [-0.39, 0.29) is 6.04 Å². The van der Waals surface area contributed by atoms with Crippen molar-refractivity contribution in [1.82, 2.24) is 0 Å². The average Bonchev–Trinajstić information content (AvgIpc) is 2.06. The second-order valence-corrected chi connectivity index (χ2v) is 5.22. The highest BCUT2D eigenvalue weighted by Gasteiger charge is 2.24. The molecule has 1 atom stereocenters. The molecule has 0 bridgehead atoms. The molecule has 3 heteroatoms. The molecule has 0 aliphatic carbocycles. The molecule has 0 fully saturated rings. The molecule has 0 aromatic heterocycles. The minimum Gasteiger partial charge on any atom is -0.324 e. The molecule has 1 unspecified atom stereocenters. The molecule has 14 heavy (non-hydrogen) atoms. The highest BCUT2D eigenvalue weighted by Crippen LogP contribution is 2.26. The van der Waals surface area contributed by atoms with Crippen molar-refractivity contribution >= 4 is 15.9 Å². The van der Waals surface area contributed by atoms with E-state index in [2.05, 4.69) is 15.9 Å². The van der Waals surface area contributed by atoms with Crippen molar-refractivity contribution in [3.63, 3.8) is 0 Å². The fourth-order valence-electron chi connectivity index (χ4n) is 1.35. The van der Waals surface area contributed by atoms with E-state index in [0.717, 1.165) is 10.0 Å². The summed E-state index contributed by atoms with van der Waals surface area (Å²) in [6, 6.07) is 5.95. The number of hydrogen-bond donors (Lipinski definition) is 2. The van der Waals surface area contributed by atoms with Crippen LogP contribution in [0.1, 0.15) is 31.0 Å². The molecule has 0 radical (unpaired) electrons. The molecule has 4 N–H and O–H groups in total. The zero-order valence-corrected chi connectivity index (χ0v) is 10.4. The van der Waals surface area contributed by atoms with Crippen molar-refractivity contribution < 1.29 is 0 Å². The zero-order valence-electron chi connectivity index (χ0n) is 8.84. The minimum absolute atomic E-state index is 0.139. The predicted octanol–water partition coefficient (Wildman–Crippen LogP) is 2.49. The van der Waals surface area contributed by atoms with Crippen LogP contribution in [-0.4, -0.2) is 5.54 Å². The molecule has 1 aromatic rings. The summed E-state index contributed by atoms with van der Waals surface area (Å²) in [4.78, 5) is 0. The third-order valence-electron chi connectivity index (χ3n) is 2.38. The third kappa shape index (κ3) is 2.56. The summed E-state index contributed by atoms with van der Waals surface area (Å²) >= 11 is 3.43. The van der Waals surface area contributed by atoms with E-state index in [1.807, 2.05) is 39.0 Å². The third-order valence-corrected chi connectivity index (χ3v) is 2.87. The van der Waals surface area contributed by atoms with Gasteiger partial charge in [0.1, 0.15) is 0 Å². The summed E-state index contributed by atoms with van der Waals surface area (Å²) in [5.74, 6) is 0. The van der Waals surface area contributed by atoms with Crippen LogP contribution in [0.3, 0.4) is 0 Å². The van der Waals surface area contributed by atoms with Crippen LogP contribution in [0, 0.1) is 6.92 Å². The van der Waals surface area contributed by atoms with Gasteiger partial charge in [0, 0.05) is 16.1 Å². The van der Waals surface area contributed by atoms with Gasteiger partial charge in [0.25, 0.3) is 0 Å². The number of nitrogens with two attached hydrogens (primary N) is 2. The topological polar surface area (TPSA) is 52.0 Å². The van der Waals surface area contributed by atoms with Gasteiger partial charge in [-0.3, -0.25) is 0 Å². The molecule has 1 aromatic carbocycles. The molecule has 0 spiro atoms. The summed E-state index contributed by atoms with van der Waals surface area (Å²) < 4.78 is 1.04. The smallest absolute Gasteiger partial charge is 0.0475 e. The Bertz CT molecular complexity index is 329. The van der Waals surface area contributed by atoms with E-state index < -0.39 is 5.54 Å². The molecule has 78 valence electrons. The molecule has 0 heterocycles. The molecular formula is C11H17BrN2. The van der Waals surface area contributed by atoms with Gasteiger partial charge >= 0.3 is 0 Å². The Labute approximate surface area is 93.8 Å². The highest BCUT2D eigenvalue weighted by atomic mass is 79.9. The first-order valence-electron chi connectivity index (χ1n) is 4.63. The quantitative estimate of drug-likeness (QED) is 0.855. The number of benzene rings is 1. The zero-order chi connectivity index (χ0) is 10.9. The SMILES string of the molecule is Cc1ccc(Br)cc1C(N)C(C)(C)N. The Morgan fingerprint density at radius 1 is 1.36 bits per heavy atom. The lowest BCUT2D eigenvalue weighted by Gasteiger charge is -2.28. The van der Waals surface area contributed by atoms with E-state index in [1.165, 1.54) is 5.56 Å². The second kappa shape index (κ2) is 4.01. The normalized spacial score (nSPS) is 14.1. The second-order valence-electron chi connectivity index (χ2n) is 4.30. The minimum atomic E-state index is -0.397. The summed E-state index contributed by atoms with van der Waals surface area (Å²) in [6.45, 7) is 5.93. The van der Waals surface area contributed by atoms with Crippen LogP contribution in [0.4, 0.5) is 0 Å². The first-order chi connectivity index (χ1) is 6.32. The lowest BCUT2D eigenvalue weighted by Crippen LogP contribution is -2.44. The summed E-state index contributed by atoms with van der Waals surface area (Å²) in [5.41, 5.74) is 14.0. The number of hydrogen-bond acceptors (Lipinski definition) is 2. The first kappa shape index (κ1) is 11.7. The predicted molar refractivity (Wildman–Crippen MR) is 64.1 cm³/mol. The van der Waals surface area contributed by atoms with Gasteiger partial charge in [-0.25, -0.2) is 0 Å². The summed E-state index contributed by atoms with van der Waals surface area (Å²) in [6.07, 6.45) is 0. The Morgan fingerprint density at radius 3 is 2.43 bits per heavy atom. The lowest BCUT2D eigenvalue weighted by atomic mass is 9.88. The molecule has 0 saturated carbocycles. The van der Waals surface area contributed by atoms with E-state index >= 15 is 0 Å². The fraction of sp³-hybridized carbons (Fsp3) is 0.455. The van der Waals surface area contributed by atoms with Crippen molar-refractivity contribution in [2.24, 2.45) is 11.5 Å². The fourth-order valence-corrected chi connectivity index (χ4v) is 1.73. The molecule has 0 aliphatic rings. The molecule has 0 aliphatic heterocycles. The molecule has 0 saturated heterocycles. The monoisotopic (exact) mass is 256 g/mol. The highest BCUT2D eigenvalue weighted by molar-refractivity contribution is 9.10. The molecule has 2 nitrogen and oxygen atoms in total. The Balaban J connectivity index is 3.12. The van der Waals surface area contributed by atoms with Gasteiger partial charge in [-0.15, -0.1) is 0 Å². The Hall–Kier alpha value is -0.380. The lowest BCUT2D eigenvalue weighted by molar-refractivity contribution is 0.419. The van der Waals surface area contributed by atoms with Crippen LogP contribution in [0.15, 0.2) is 22.7 Å². The largest absolute Gasteiger partial charge is 0.324 e. The van der Waals surface area contributed by atoms with Crippen LogP contribution < -0.4 is 11.5 Å². The average molecular weight is 257 g/mol. The van der Waals surface area contributed by atoms with Gasteiger partial charge in [0.2, 0.25) is 0 Å². The maximum atomic E-state index is 6.10. The molecular weight excluding hydrogens is 240 g/mol. The number of rotatable bonds is 2. The van der Waals surface area contributed by atoms with Gasteiger partial charge in [-0.05, 0) is 44.0 Å². The van der Waals surface area contributed by atoms with Crippen molar-refractivity contribution in [2.45, 2.75) is 32.4 Å². The number of halogens is 1. The first-order valence-corrected chi connectivity index (χ1v) is 5.42. The van der Waals surface area contributed by atoms with E-state index in [1.54, 1.807) is 0 Å². The van der Waals surface area contributed by atoms with Crippen LogP contribution in [-0.2, 0) is 0 Å². The van der Waals surface area contributed by atoms with E-state index in [4.69, 9.17) is 11.5 Å². The van der Waals surface area contributed by atoms with Gasteiger partial charge in [0.05, 0.1) is 0 Å². The van der Waals surface area contributed by atoms with Crippen molar-refractivity contribution in [3.8, 4) is 0 Å². The van der Waals surface area contributed by atoms with Crippen molar-refractivity contribution in [2.75, 3.05) is 0 Å². The standard InChI is InChI=1S/C11H17BrN2/c1-7-4-5-8(12)6-9(7)10(13)11(2,3)14/h4-6,10H,13-14H2,1-3H3. The van der Waals surface area contributed by atoms with Crippen LogP contribution in [0.5, 0.6) is 0 Å². The molecule has 1 rings (SSSR count). The Kier molecular flexibility index (Phi) is 3.35. The van der Waals surface area contributed by atoms with Crippen LogP contribution in [0.25, 0.3) is 0 Å². The van der Waals surface area contributed by atoms with Crippen LogP contribution >= 0.6 is 15.9 Å². The van der Waals surface area contributed by atoms with Gasteiger partial charge in [0.15, 0.2) is 0 Å². The maximum absolute atomic E-state index is 6.10. The summed E-state index contributed by atoms with van der Waals surface area (Å²) in [5, 5.41) is 0.